The lowest BCUT2D eigenvalue weighted by atomic mass is 9.95. The first-order valence-corrected chi connectivity index (χ1v) is 15.8. The number of amides is 2. The van der Waals surface area contributed by atoms with Crippen LogP contribution in [0.1, 0.15) is 62.2 Å². The third-order valence-electron chi connectivity index (χ3n) is 8.59. The minimum Gasteiger partial charge on any atom is -0.488 e. The molecule has 2 aromatic heterocycles. The number of carbonyl (C=O) groups excluding carboxylic acids is 2. The molecule has 0 saturated carbocycles. The molecule has 6 rings (SSSR count). The van der Waals surface area contributed by atoms with Crippen LogP contribution >= 0.6 is 11.6 Å². The molecule has 1 aromatic carbocycles. The maximum absolute atomic E-state index is 14.4. The first-order valence-electron chi connectivity index (χ1n) is 15.4. The van der Waals surface area contributed by atoms with E-state index in [1.165, 1.54) is 0 Å². The average Bonchev–Trinajstić information content (AvgIpc) is 3.32. The third kappa shape index (κ3) is 6.56. The van der Waals surface area contributed by atoms with Crippen molar-refractivity contribution in [2.45, 2.75) is 71.4 Å². The SMILES string of the molecule is Cc1cn(C[C@@H]2CCCN(C(=O)[C@@H]3CN([C@H]4c5ccc(Cl)cc5OCc5cccnc54)CCN3C(=O)OC(C)(C)C)C2)cn1. The standard InChI is InChI=1S/C33H41ClN6O4/c1-22-16-37(21-36-22)17-23-7-6-12-39(18-23)31(41)27-19-38(13-14-40(27)32(42)44-33(2,3)4)30-26-10-9-25(34)15-28(26)43-20-24-8-5-11-35-29(24)30/h5,8-11,15-16,21,23,27,30H,6-7,12-14,17-20H2,1-4H3/t23-,27-,30-/m0/s1. The van der Waals surface area contributed by atoms with Crippen molar-refractivity contribution in [1.29, 1.82) is 0 Å². The largest absolute Gasteiger partial charge is 0.488 e. The van der Waals surface area contributed by atoms with Crippen molar-refractivity contribution in [3.05, 3.63) is 76.6 Å². The van der Waals surface area contributed by atoms with Crippen molar-refractivity contribution < 1.29 is 19.1 Å². The smallest absolute Gasteiger partial charge is 0.411 e. The zero-order chi connectivity index (χ0) is 31.0. The number of piperidine rings is 1. The fraction of sp³-hybridized carbons (Fsp3) is 0.515. The van der Waals surface area contributed by atoms with Gasteiger partial charge in [-0.3, -0.25) is 19.6 Å². The van der Waals surface area contributed by atoms with Crippen molar-refractivity contribution >= 4 is 23.6 Å². The van der Waals surface area contributed by atoms with E-state index in [2.05, 4.69) is 14.5 Å². The second-order valence-corrected chi connectivity index (χ2v) is 13.5. The summed E-state index contributed by atoms with van der Waals surface area (Å²) in [5.41, 5.74) is 3.11. The van der Waals surface area contributed by atoms with Gasteiger partial charge in [-0.15, -0.1) is 0 Å². The number of aromatic nitrogens is 3. The van der Waals surface area contributed by atoms with Crippen LogP contribution in [-0.4, -0.2) is 85.6 Å². The second-order valence-electron chi connectivity index (χ2n) is 13.1. The highest BCUT2D eigenvalue weighted by atomic mass is 35.5. The van der Waals surface area contributed by atoms with Crippen LogP contribution < -0.4 is 4.74 Å². The highest BCUT2D eigenvalue weighted by molar-refractivity contribution is 6.30. The summed E-state index contributed by atoms with van der Waals surface area (Å²) in [6.45, 7) is 11.2. The molecule has 5 heterocycles. The number of nitrogens with zero attached hydrogens (tertiary/aromatic N) is 6. The molecule has 3 atom stereocenters. The van der Waals surface area contributed by atoms with Gasteiger partial charge in [0.1, 0.15) is 24.0 Å². The molecule has 2 saturated heterocycles. The number of aryl methyl sites for hydroxylation is 1. The summed E-state index contributed by atoms with van der Waals surface area (Å²) in [7, 11) is 0. The maximum atomic E-state index is 14.4. The van der Waals surface area contributed by atoms with Crippen molar-refractivity contribution in [3.63, 3.8) is 0 Å². The number of likely N-dealkylation sites (tertiary alicyclic amines) is 1. The van der Waals surface area contributed by atoms with Gasteiger partial charge in [-0.05, 0) is 64.7 Å². The Morgan fingerprint density at radius 2 is 1.95 bits per heavy atom. The van der Waals surface area contributed by atoms with Gasteiger partial charge >= 0.3 is 6.09 Å². The summed E-state index contributed by atoms with van der Waals surface area (Å²) in [4.78, 5) is 43.0. The summed E-state index contributed by atoms with van der Waals surface area (Å²) in [6.07, 6.45) is 7.18. The Hall–Kier alpha value is -3.63. The number of pyridine rings is 1. The van der Waals surface area contributed by atoms with E-state index < -0.39 is 17.7 Å². The number of piperazine rings is 1. The number of hydrogen-bond donors (Lipinski definition) is 0. The van der Waals surface area contributed by atoms with Gasteiger partial charge in [0.25, 0.3) is 0 Å². The normalized spacial score (nSPS) is 22.4. The second kappa shape index (κ2) is 12.4. The van der Waals surface area contributed by atoms with Crippen molar-refractivity contribution in [3.8, 4) is 5.75 Å². The highest BCUT2D eigenvalue weighted by Gasteiger charge is 2.43. The van der Waals surface area contributed by atoms with Gasteiger partial charge in [0.15, 0.2) is 0 Å². The summed E-state index contributed by atoms with van der Waals surface area (Å²) < 4.78 is 14.1. The Bertz CT molecular complexity index is 1520. The molecule has 3 aromatic rings. The summed E-state index contributed by atoms with van der Waals surface area (Å²) in [5, 5.41) is 0.592. The number of imidazole rings is 1. The van der Waals surface area contributed by atoms with Gasteiger partial charge in [0.2, 0.25) is 5.91 Å². The van der Waals surface area contributed by atoms with E-state index >= 15 is 0 Å². The van der Waals surface area contributed by atoms with Crippen molar-refractivity contribution in [1.82, 2.24) is 29.2 Å². The van der Waals surface area contributed by atoms with Crippen LogP contribution in [0.25, 0.3) is 0 Å². The first-order chi connectivity index (χ1) is 21.1. The van der Waals surface area contributed by atoms with Gasteiger partial charge in [-0.25, -0.2) is 9.78 Å². The Morgan fingerprint density at radius 1 is 1.11 bits per heavy atom. The van der Waals surface area contributed by atoms with Gasteiger partial charge in [-0.2, -0.15) is 0 Å². The Kier molecular flexibility index (Phi) is 8.57. The highest BCUT2D eigenvalue weighted by Crippen LogP contribution is 2.41. The van der Waals surface area contributed by atoms with Gasteiger partial charge in [0.05, 0.1) is 23.8 Å². The van der Waals surface area contributed by atoms with Gasteiger partial charge < -0.3 is 18.9 Å². The molecule has 0 unspecified atom stereocenters. The van der Waals surface area contributed by atoms with Crippen LogP contribution in [-0.2, 0) is 22.7 Å². The molecule has 3 aliphatic heterocycles. The molecule has 234 valence electrons. The van der Waals surface area contributed by atoms with E-state index in [-0.39, 0.29) is 11.9 Å². The summed E-state index contributed by atoms with van der Waals surface area (Å²) in [5.74, 6) is 0.962. The molecule has 0 spiro atoms. The topological polar surface area (TPSA) is 93.0 Å². The van der Waals surface area contributed by atoms with E-state index in [0.717, 1.165) is 41.9 Å². The molecule has 2 amide bonds. The van der Waals surface area contributed by atoms with Gasteiger partial charge in [0, 0.05) is 67.8 Å². The summed E-state index contributed by atoms with van der Waals surface area (Å²) >= 11 is 6.37. The minimum absolute atomic E-state index is 0.0467. The molecular formula is C33H41ClN6O4. The number of hydrogen-bond acceptors (Lipinski definition) is 7. The van der Waals surface area contributed by atoms with E-state index in [1.807, 2.05) is 75.5 Å². The third-order valence-corrected chi connectivity index (χ3v) is 8.83. The lowest BCUT2D eigenvalue weighted by Crippen LogP contribution is -2.63. The minimum atomic E-state index is -0.708. The molecule has 0 bridgehead atoms. The number of benzene rings is 1. The van der Waals surface area contributed by atoms with E-state index in [1.54, 1.807) is 11.1 Å². The average molecular weight is 621 g/mol. The predicted molar refractivity (Wildman–Crippen MR) is 166 cm³/mol. The van der Waals surface area contributed by atoms with E-state index in [4.69, 9.17) is 26.1 Å². The fourth-order valence-corrected chi connectivity index (χ4v) is 6.80. The Morgan fingerprint density at radius 3 is 2.73 bits per heavy atom. The lowest BCUT2D eigenvalue weighted by molar-refractivity contribution is -0.141. The molecule has 0 N–H and O–H groups in total. The van der Waals surface area contributed by atoms with Crippen LogP contribution in [0, 0.1) is 12.8 Å². The van der Waals surface area contributed by atoms with Crippen molar-refractivity contribution in [2.75, 3.05) is 32.7 Å². The number of carbonyl (C=O) groups is 2. The predicted octanol–water partition coefficient (Wildman–Crippen LogP) is 5.08. The number of halogens is 1. The van der Waals surface area contributed by atoms with Crippen molar-refractivity contribution in [2.24, 2.45) is 5.92 Å². The molecule has 0 radical (unpaired) electrons. The Balaban J connectivity index is 1.30. The van der Waals surface area contributed by atoms with E-state index in [0.29, 0.717) is 56.0 Å². The molecule has 3 aliphatic rings. The van der Waals surface area contributed by atoms with Crippen LogP contribution in [0.5, 0.6) is 5.75 Å². The Labute approximate surface area is 263 Å². The molecule has 2 fully saturated rings. The first kappa shape index (κ1) is 30.4. The van der Waals surface area contributed by atoms with Crippen LogP contribution in [0.2, 0.25) is 5.02 Å². The van der Waals surface area contributed by atoms with E-state index in [9.17, 15) is 9.59 Å². The van der Waals surface area contributed by atoms with Crippen LogP contribution in [0.4, 0.5) is 4.79 Å². The fourth-order valence-electron chi connectivity index (χ4n) is 6.63. The summed E-state index contributed by atoms with van der Waals surface area (Å²) in [6, 6.07) is 8.64. The molecular weight excluding hydrogens is 580 g/mol. The zero-order valence-electron chi connectivity index (χ0n) is 25.9. The molecule has 10 nitrogen and oxygen atoms in total. The quantitative estimate of drug-likeness (QED) is 0.402. The number of ether oxygens (including phenoxy) is 2. The monoisotopic (exact) mass is 620 g/mol. The molecule has 11 heteroatoms. The molecule has 44 heavy (non-hydrogen) atoms. The molecule has 0 aliphatic carbocycles. The number of fused-ring (bicyclic) bond motifs is 2. The lowest BCUT2D eigenvalue weighted by Gasteiger charge is -2.45. The maximum Gasteiger partial charge on any atom is 0.411 e. The van der Waals surface area contributed by atoms with Gasteiger partial charge in [-0.1, -0.05) is 23.7 Å². The van der Waals surface area contributed by atoms with Crippen LogP contribution in [0.3, 0.4) is 0 Å². The zero-order valence-corrected chi connectivity index (χ0v) is 26.7. The van der Waals surface area contributed by atoms with Crippen LogP contribution in [0.15, 0.2) is 49.1 Å². The number of rotatable bonds is 4.